The lowest BCUT2D eigenvalue weighted by Crippen LogP contribution is -1.86. The van der Waals surface area contributed by atoms with Gasteiger partial charge in [0.1, 0.15) is 6.29 Å². The average Bonchev–Trinajstić information content (AvgIpc) is 2.14. The molecule has 2 nitrogen and oxygen atoms in total. The van der Waals surface area contributed by atoms with Gasteiger partial charge in [-0.1, -0.05) is 6.08 Å². The molecule has 0 aromatic heterocycles. The number of carbonyl (C=O) groups excluding carboxylic acids is 1. The van der Waals surface area contributed by atoms with E-state index in [0.29, 0.717) is 13.2 Å². The van der Waals surface area contributed by atoms with Crippen LogP contribution in [-0.4, -0.2) is 19.5 Å². The van der Waals surface area contributed by atoms with Crippen LogP contribution < -0.4 is 0 Å². The molecule has 0 N–H and O–H groups in total. The van der Waals surface area contributed by atoms with Crippen LogP contribution in [0.3, 0.4) is 0 Å². The van der Waals surface area contributed by atoms with E-state index < -0.39 is 0 Å². The first kappa shape index (κ1) is 4.53. The maximum atomic E-state index is 9.86. The van der Waals surface area contributed by atoms with E-state index >= 15 is 0 Å². The predicted molar refractivity (Wildman–Crippen MR) is 25.0 cm³/mol. The smallest absolute Gasteiger partial charge is 0.148 e. The molecule has 0 aromatic rings. The van der Waals surface area contributed by atoms with E-state index in [4.69, 9.17) is 4.74 Å². The van der Waals surface area contributed by atoms with Crippen molar-refractivity contribution in [2.45, 2.75) is 0 Å². The Labute approximate surface area is 41.8 Å². The summed E-state index contributed by atoms with van der Waals surface area (Å²) >= 11 is 0. The van der Waals surface area contributed by atoms with Crippen molar-refractivity contribution in [2.24, 2.45) is 0 Å². The molecule has 0 amide bonds. The molecule has 0 fully saturated rings. The van der Waals surface area contributed by atoms with Crippen LogP contribution in [0.5, 0.6) is 0 Å². The minimum Gasteiger partial charge on any atom is -0.373 e. The van der Waals surface area contributed by atoms with Crippen molar-refractivity contribution in [3.05, 3.63) is 11.6 Å². The van der Waals surface area contributed by atoms with Crippen LogP contribution in [0.1, 0.15) is 0 Å². The molecule has 38 valence electrons. The zero-order valence-corrected chi connectivity index (χ0v) is 3.89. The van der Waals surface area contributed by atoms with Crippen molar-refractivity contribution in [3.63, 3.8) is 0 Å². The fourth-order valence-electron chi connectivity index (χ4n) is 0.484. The van der Waals surface area contributed by atoms with E-state index in [9.17, 15) is 4.79 Å². The number of carbonyl (C=O) groups is 1. The second-order valence-electron chi connectivity index (χ2n) is 1.41. The summed E-state index contributed by atoms with van der Waals surface area (Å²) in [5, 5.41) is 0. The topological polar surface area (TPSA) is 26.3 Å². The quantitative estimate of drug-likeness (QED) is 0.436. The zero-order chi connectivity index (χ0) is 5.11. The monoisotopic (exact) mass is 98.0 g/mol. The summed E-state index contributed by atoms with van der Waals surface area (Å²) in [6, 6.07) is 0. The molecular formula is C5H6O2. The normalized spacial score (nSPS) is 19.1. The number of hydrogen-bond acceptors (Lipinski definition) is 2. The molecule has 0 radical (unpaired) electrons. The molecule has 0 spiro atoms. The van der Waals surface area contributed by atoms with E-state index in [2.05, 4.69) is 0 Å². The third-order valence-corrected chi connectivity index (χ3v) is 0.883. The minimum atomic E-state index is 0.503. The van der Waals surface area contributed by atoms with Crippen LogP contribution in [0.25, 0.3) is 0 Å². The number of hydrogen-bond donors (Lipinski definition) is 0. The number of rotatable bonds is 1. The molecule has 0 saturated heterocycles. The molecule has 0 bridgehead atoms. The van der Waals surface area contributed by atoms with Crippen molar-refractivity contribution in [3.8, 4) is 0 Å². The summed E-state index contributed by atoms with van der Waals surface area (Å²) in [4.78, 5) is 9.86. The van der Waals surface area contributed by atoms with Crippen molar-refractivity contribution in [1.82, 2.24) is 0 Å². The van der Waals surface area contributed by atoms with Gasteiger partial charge in [0.05, 0.1) is 13.2 Å². The lowest BCUT2D eigenvalue weighted by molar-refractivity contribution is -0.105. The first-order valence-electron chi connectivity index (χ1n) is 2.15. The molecule has 7 heavy (non-hydrogen) atoms. The summed E-state index contributed by atoms with van der Waals surface area (Å²) in [7, 11) is 0. The fourth-order valence-corrected chi connectivity index (χ4v) is 0.484. The van der Waals surface area contributed by atoms with E-state index in [-0.39, 0.29) is 0 Å². The van der Waals surface area contributed by atoms with Crippen LogP contribution >= 0.6 is 0 Å². The summed E-state index contributed by atoms with van der Waals surface area (Å²) in [6.45, 7) is 1.11. The van der Waals surface area contributed by atoms with Crippen LogP contribution in [0.4, 0.5) is 0 Å². The van der Waals surface area contributed by atoms with Crippen LogP contribution in [-0.2, 0) is 9.53 Å². The van der Waals surface area contributed by atoms with Crippen molar-refractivity contribution in [2.75, 3.05) is 13.2 Å². The van der Waals surface area contributed by atoms with Crippen molar-refractivity contribution < 1.29 is 9.53 Å². The number of aldehydes is 1. The molecule has 0 aliphatic carbocycles. The van der Waals surface area contributed by atoms with Gasteiger partial charge in [-0.3, -0.25) is 4.79 Å². The number of ether oxygens (including phenoxy) is 1. The third kappa shape index (κ3) is 0.871. The summed E-state index contributed by atoms with van der Waals surface area (Å²) in [5.74, 6) is 0. The van der Waals surface area contributed by atoms with Gasteiger partial charge >= 0.3 is 0 Å². The summed E-state index contributed by atoms with van der Waals surface area (Å²) < 4.78 is 4.82. The van der Waals surface area contributed by atoms with E-state index in [1.807, 2.05) is 0 Å². The van der Waals surface area contributed by atoms with E-state index in [0.717, 1.165) is 11.9 Å². The first-order valence-corrected chi connectivity index (χ1v) is 2.15. The van der Waals surface area contributed by atoms with Crippen molar-refractivity contribution in [1.29, 1.82) is 0 Å². The molecule has 1 aliphatic rings. The Kier molecular flexibility index (Phi) is 1.22. The Morgan fingerprint density at radius 1 is 1.86 bits per heavy atom. The molecule has 1 heterocycles. The van der Waals surface area contributed by atoms with Crippen LogP contribution in [0.15, 0.2) is 11.6 Å². The highest BCUT2D eigenvalue weighted by atomic mass is 16.5. The standard InChI is InChI=1S/C5H6O2/c6-3-5-1-2-7-4-5/h1,3H,2,4H2. The molecule has 2 heteroatoms. The van der Waals surface area contributed by atoms with Gasteiger partial charge in [0.25, 0.3) is 0 Å². The lowest BCUT2D eigenvalue weighted by Gasteiger charge is -1.82. The fraction of sp³-hybridized carbons (Fsp3) is 0.400. The maximum absolute atomic E-state index is 9.86. The highest BCUT2D eigenvalue weighted by Gasteiger charge is 1.99. The second kappa shape index (κ2) is 1.89. The van der Waals surface area contributed by atoms with Gasteiger partial charge in [-0.05, 0) is 0 Å². The summed E-state index contributed by atoms with van der Waals surface area (Å²) in [5.41, 5.74) is 0.764. The highest BCUT2D eigenvalue weighted by Crippen LogP contribution is 1.98. The molecule has 0 aromatic carbocycles. The third-order valence-electron chi connectivity index (χ3n) is 0.883. The van der Waals surface area contributed by atoms with Gasteiger partial charge < -0.3 is 4.74 Å². The van der Waals surface area contributed by atoms with Gasteiger partial charge in [-0.25, -0.2) is 0 Å². The highest BCUT2D eigenvalue weighted by molar-refractivity contribution is 5.73. The SMILES string of the molecule is O=CC1=CCOC1. The maximum Gasteiger partial charge on any atom is 0.148 e. The Bertz CT molecular complexity index is 105. The Balaban J connectivity index is 2.51. The van der Waals surface area contributed by atoms with Crippen LogP contribution in [0, 0.1) is 0 Å². The van der Waals surface area contributed by atoms with Crippen LogP contribution in [0.2, 0.25) is 0 Å². The van der Waals surface area contributed by atoms with Gasteiger partial charge in [0, 0.05) is 5.57 Å². The van der Waals surface area contributed by atoms with E-state index in [1.165, 1.54) is 0 Å². The molecule has 0 unspecified atom stereocenters. The first-order chi connectivity index (χ1) is 3.43. The molecule has 1 rings (SSSR count). The van der Waals surface area contributed by atoms with Gasteiger partial charge in [-0.15, -0.1) is 0 Å². The Morgan fingerprint density at radius 3 is 3.00 bits per heavy atom. The second-order valence-corrected chi connectivity index (χ2v) is 1.41. The van der Waals surface area contributed by atoms with Gasteiger partial charge in [0.15, 0.2) is 0 Å². The van der Waals surface area contributed by atoms with E-state index in [1.54, 1.807) is 6.08 Å². The Morgan fingerprint density at radius 2 is 2.71 bits per heavy atom. The zero-order valence-electron chi connectivity index (χ0n) is 3.89. The van der Waals surface area contributed by atoms with Crippen molar-refractivity contribution >= 4 is 6.29 Å². The predicted octanol–water partition coefficient (Wildman–Crippen LogP) is 0.142. The van der Waals surface area contributed by atoms with Gasteiger partial charge in [0.2, 0.25) is 0 Å². The van der Waals surface area contributed by atoms with Gasteiger partial charge in [-0.2, -0.15) is 0 Å². The molecule has 0 atom stereocenters. The summed E-state index contributed by atoms with van der Waals surface area (Å²) in [6.07, 6.45) is 2.61. The Hall–Kier alpha value is -0.630. The average molecular weight is 98.1 g/mol. The molecular weight excluding hydrogens is 92.1 g/mol. The molecule has 1 aliphatic heterocycles. The molecule has 0 saturated carbocycles. The largest absolute Gasteiger partial charge is 0.373 e. The minimum absolute atomic E-state index is 0.503. The lowest BCUT2D eigenvalue weighted by atomic mass is 10.3.